The minimum atomic E-state index is -0.701. The summed E-state index contributed by atoms with van der Waals surface area (Å²) in [5.74, 6) is -1.17. The number of dihydropyridines is 1. The molecular formula is C31H33Cl2NO5. The quantitative estimate of drug-likeness (QED) is 0.354. The zero-order valence-electron chi connectivity index (χ0n) is 22.2. The molecule has 0 spiro atoms. The Morgan fingerprint density at radius 2 is 1.77 bits per heavy atom. The molecule has 0 amide bonds. The molecule has 2 aliphatic carbocycles. The Hall–Kier alpha value is -2.96. The van der Waals surface area contributed by atoms with Crippen LogP contribution in [-0.2, 0) is 14.3 Å². The van der Waals surface area contributed by atoms with Crippen molar-refractivity contribution in [2.24, 2.45) is 0 Å². The Kier molecular flexibility index (Phi) is 8.24. The van der Waals surface area contributed by atoms with Crippen LogP contribution in [0.4, 0.5) is 0 Å². The number of aromatic hydroxyl groups is 1. The normalized spacial score (nSPS) is 21.9. The first-order valence-corrected chi connectivity index (χ1v) is 14.4. The number of nitrogens with one attached hydrogen (secondary N) is 1. The fourth-order valence-electron chi connectivity index (χ4n) is 6.04. The molecule has 2 aromatic carbocycles. The van der Waals surface area contributed by atoms with Gasteiger partial charge in [-0.2, -0.15) is 0 Å². The van der Waals surface area contributed by atoms with E-state index in [0.29, 0.717) is 46.9 Å². The molecule has 1 saturated carbocycles. The molecule has 5 rings (SSSR count). The number of hydrogen-bond acceptors (Lipinski definition) is 6. The number of ketones is 1. The maximum atomic E-state index is 13.9. The largest absolute Gasteiger partial charge is 0.503 e. The van der Waals surface area contributed by atoms with E-state index in [2.05, 4.69) is 5.32 Å². The summed E-state index contributed by atoms with van der Waals surface area (Å²) in [6, 6.07) is 10.9. The van der Waals surface area contributed by atoms with Gasteiger partial charge in [-0.1, -0.05) is 41.8 Å². The van der Waals surface area contributed by atoms with Gasteiger partial charge in [-0.3, -0.25) is 4.79 Å². The molecule has 1 aliphatic heterocycles. The maximum absolute atomic E-state index is 13.9. The number of benzene rings is 2. The van der Waals surface area contributed by atoms with Gasteiger partial charge in [-0.05, 0) is 87.3 Å². The molecule has 0 bridgehead atoms. The van der Waals surface area contributed by atoms with Crippen LogP contribution in [-0.4, -0.2) is 29.6 Å². The zero-order chi connectivity index (χ0) is 27.7. The number of phenolic OH excluding ortho intramolecular Hbond substituents is 1. The third-order valence-corrected chi connectivity index (χ3v) is 8.44. The minimum Gasteiger partial charge on any atom is -0.503 e. The van der Waals surface area contributed by atoms with Gasteiger partial charge in [0, 0.05) is 34.3 Å². The third kappa shape index (κ3) is 5.68. The Morgan fingerprint density at radius 3 is 2.46 bits per heavy atom. The lowest BCUT2D eigenvalue weighted by atomic mass is 9.71. The molecule has 2 N–H and O–H groups in total. The summed E-state index contributed by atoms with van der Waals surface area (Å²) in [7, 11) is 0. The van der Waals surface area contributed by atoms with Crippen LogP contribution >= 0.6 is 23.2 Å². The van der Waals surface area contributed by atoms with Crippen molar-refractivity contribution in [3.05, 3.63) is 80.1 Å². The predicted molar refractivity (Wildman–Crippen MR) is 151 cm³/mol. The van der Waals surface area contributed by atoms with Gasteiger partial charge in [0.15, 0.2) is 17.3 Å². The number of phenols is 1. The van der Waals surface area contributed by atoms with E-state index in [-0.39, 0.29) is 34.3 Å². The molecule has 1 heterocycles. The van der Waals surface area contributed by atoms with Crippen LogP contribution < -0.4 is 10.1 Å². The molecule has 3 aliphatic rings. The number of carbonyl (C=O) groups excluding carboxylic acids is 2. The van der Waals surface area contributed by atoms with E-state index in [4.69, 9.17) is 32.7 Å². The third-order valence-electron chi connectivity index (χ3n) is 7.90. The number of Topliss-reactive ketones (excluding diaryl/α,β-unsaturated/α-hetero) is 1. The van der Waals surface area contributed by atoms with Crippen molar-refractivity contribution in [3.8, 4) is 11.5 Å². The van der Waals surface area contributed by atoms with E-state index < -0.39 is 11.9 Å². The van der Waals surface area contributed by atoms with Gasteiger partial charge >= 0.3 is 5.97 Å². The summed E-state index contributed by atoms with van der Waals surface area (Å²) >= 11 is 12.5. The standard InChI is InChI=1S/C31H33Cl2NO5/c1-3-38-26-16-20(13-23(33)30(26)36)28-27(31(37)39-22-7-5-4-6-8-22)17(2)34-24-14-19(15-25(35)29(24)28)18-9-11-21(32)12-10-18/h9-13,16,19,22,28,34,36H,3-8,14-15H2,1-2H3/t19-,28+/m0/s1. The summed E-state index contributed by atoms with van der Waals surface area (Å²) in [6.45, 7) is 3.97. The fourth-order valence-corrected chi connectivity index (χ4v) is 6.38. The second-order valence-corrected chi connectivity index (χ2v) is 11.4. The molecule has 0 saturated heterocycles. The highest BCUT2D eigenvalue weighted by Crippen LogP contribution is 2.48. The molecule has 0 unspecified atom stereocenters. The number of carbonyl (C=O) groups is 2. The van der Waals surface area contributed by atoms with Crippen molar-refractivity contribution in [2.75, 3.05) is 6.61 Å². The lowest BCUT2D eigenvalue weighted by Crippen LogP contribution is -2.37. The molecule has 0 radical (unpaired) electrons. The number of ether oxygens (including phenoxy) is 2. The Balaban J connectivity index is 1.58. The summed E-state index contributed by atoms with van der Waals surface area (Å²) in [5, 5.41) is 14.6. The number of esters is 1. The first-order chi connectivity index (χ1) is 18.8. The van der Waals surface area contributed by atoms with Crippen LogP contribution in [0, 0.1) is 0 Å². The van der Waals surface area contributed by atoms with E-state index in [1.54, 1.807) is 12.1 Å². The summed E-state index contributed by atoms with van der Waals surface area (Å²) < 4.78 is 11.7. The van der Waals surface area contributed by atoms with Gasteiger partial charge in [0.1, 0.15) is 6.10 Å². The first kappa shape index (κ1) is 27.6. The average molecular weight is 571 g/mol. The van der Waals surface area contributed by atoms with Crippen LogP contribution in [0.2, 0.25) is 10.0 Å². The van der Waals surface area contributed by atoms with Crippen molar-refractivity contribution < 1.29 is 24.2 Å². The summed E-state index contributed by atoms with van der Waals surface area (Å²) in [5.41, 5.74) is 3.99. The van der Waals surface area contributed by atoms with Crippen LogP contribution in [0.15, 0.2) is 58.9 Å². The van der Waals surface area contributed by atoms with Crippen molar-refractivity contribution in [1.82, 2.24) is 5.32 Å². The monoisotopic (exact) mass is 569 g/mol. The molecule has 0 aromatic heterocycles. The van der Waals surface area contributed by atoms with E-state index in [1.165, 1.54) is 0 Å². The van der Waals surface area contributed by atoms with Gasteiger partial charge < -0.3 is 19.9 Å². The van der Waals surface area contributed by atoms with Crippen molar-refractivity contribution >= 4 is 35.0 Å². The Labute approximate surface area is 239 Å². The van der Waals surface area contributed by atoms with E-state index in [9.17, 15) is 14.7 Å². The second-order valence-electron chi connectivity index (χ2n) is 10.5. The SMILES string of the molecule is CCOc1cc([C@@H]2C(C(=O)OC3CCCCC3)=C(C)NC3=C2C(=O)C[C@@H](c2ccc(Cl)cc2)C3)cc(Cl)c1O. The number of rotatable bonds is 6. The molecule has 2 atom stereocenters. The molecule has 6 nitrogen and oxygen atoms in total. The fraction of sp³-hybridized carbons (Fsp3) is 0.419. The van der Waals surface area contributed by atoms with Gasteiger partial charge in [-0.25, -0.2) is 4.79 Å². The molecular weight excluding hydrogens is 537 g/mol. The number of halogens is 2. The summed E-state index contributed by atoms with van der Waals surface area (Å²) in [6.07, 6.45) is 5.65. The number of hydrogen-bond donors (Lipinski definition) is 2. The van der Waals surface area contributed by atoms with Crippen molar-refractivity contribution in [1.29, 1.82) is 0 Å². The summed E-state index contributed by atoms with van der Waals surface area (Å²) in [4.78, 5) is 27.6. The first-order valence-electron chi connectivity index (χ1n) is 13.6. The van der Waals surface area contributed by atoms with Gasteiger partial charge in [0.2, 0.25) is 0 Å². The molecule has 8 heteroatoms. The topological polar surface area (TPSA) is 84.9 Å². The van der Waals surface area contributed by atoms with Crippen LogP contribution in [0.25, 0.3) is 0 Å². The lowest BCUT2D eigenvalue weighted by molar-refractivity contribution is -0.146. The molecule has 206 valence electrons. The Bertz CT molecular complexity index is 1340. The average Bonchev–Trinajstić information content (AvgIpc) is 2.91. The van der Waals surface area contributed by atoms with Crippen LogP contribution in [0.3, 0.4) is 0 Å². The van der Waals surface area contributed by atoms with E-state index in [0.717, 1.165) is 43.4 Å². The van der Waals surface area contributed by atoms with Gasteiger partial charge in [-0.15, -0.1) is 0 Å². The maximum Gasteiger partial charge on any atom is 0.337 e. The van der Waals surface area contributed by atoms with Crippen LogP contribution in [0.1, 0.15) is 81.8 Å². The molecule has 2 aromatic rings. The van der Waals surface area contributed by atoms with E-state index in [1.807, 2.05) is 38.1 Å². The van der Waals surface area contributed by atoms with Gasteiger partial charge in [0.25, 0.3) is 0 Å². The van der Waals surface area contributed by atoms with Crippen molar-refractivity contribution in [3.63, 3.8) is 0 Å². The Morgan fingerprint density at radius 1 is 1.05 bits per heavy atom. The highest BCUT2D eigenvalue weighted by atomic mass is 35.5. The second kappa shape index (κ2) is 11.6. The highest BCUT2D eigenvalue weighted by Gasteiger charge is 2.42. The smallest absolute Gasteiger partial charge is 0.337 e. The minimum absolute atomic E-state index is 0.0207. The van der Waals surface area contributed by atoms with Gasteiger partial charge in [0.05, 0.1) is 17.2 Å². The van der Waals surface area contributed by atoms with Crippen molar-refractivity contribution in [2.45, 2.75) is 76.7 Å². The number of allylic oxidation sites excluding steroid dienone is 3. The lowest BCUT2D eigenvalue weighted by Gasteiger charge is -2.37. The zero-order valence-corrected chi connectivity index (χ0v) is 23.7. The van der Waals surface area contributed by atoms with E-state index >= 15 is 0 Å². The highest BCUT2D eigenvalue weighted by molar-refractivity contribution is 6.32. The van der Waals surface area contributed by atoms with Crippen LogP contribution in [0.5, 0.6) is 11.5 Å². The predicted octanol–water partition coefficient (Wildman–Crippen LogP) is 7.34. The molecule has 39 heavy (non-hydrogen) atoms. The molecule has 1 fully saturated rings.